The number of halogens is 1. The lowest BCUT2D eigenvalue weighted by atomic mass is 9.43. The predicted octanol–water partition coefficient (Wildman–Crippen LogP) is 4.99. The van der Waals surface area contributed by atoms with Crippen LogP contribution in [-0.4, -0.2) is 50.4 Å². The van der Waals surface area contributed by atoms with Crippen molar-refractivity contribution >= 4 is 28.1 Å². The van der Waals surface area contributed by atoms with Gasteiger partial charge in [-0.1, -0.05) is 20.8 Å². The molecule has 4 saturated carbocycles. The van der Waals surface area contributed by atoms with Gasteiger partial charge in [0.25, 0.3) is 0 Å². The average Bonchev–Trinajstić information content (AvgIpc) is 3.15. The van der Waals surface area contributed by atoms with Crippen molar-refractivity contribution in [2.24, 2.45) is 46.3 Å². The molecule has 8 nitrogen and oxygen atoms in total. The summed E-state index contributed by atoms with van der Waals surface area (Å²) < 4.78 is 53.8. The average molecular weight is 573 g/mol. The van der Waals surface area contributed by atoms with Gasteiger partial charge in [0, 0.05) is 32.1 Å². The molecule has 0 aromatic carbocycles. The number of ether oxygens (including phenoxy) is 3. The standard InChI is InChI=1S/C29H45FO8S/c1-16(10-12-39(30,34)35)22-7-8-23-27-24(15-26(29(22,23)6)38-19(4)33)28(5)11-9-21(36-17(2)31)13-20(28)14-25(27)37-18(3)32/h16,20-27H,7-15H2,1-6H3/t16-,20+,21-,22-,23+,24+,25-,26+,27+,28+,29-/m1/s1. The predicted molar refractivity (Wildman–Crippen MR) is 141 cm³/mol. The van der Waals surface area contributed by atoms with Gasteiger partial charge in [-0.25, -0.2) is 0 Å². The maximum atomic E-state index is 13.4. The van der Waals surface area contributed by atoms with Gasteiger partial charge in [0.05, 0.1) is 5.75 Å². The van der Waals surface area contributed by atoms with Crippen molar-refractivity contribution in [1.29, 1.82) is 0 Å². The Morgan fingerprint density at radius 3 is 2.13 bits per heavy atom. The normalized spacial score (nSPS) is 42.3. The van der Waals surface area contributed by atoms with E-state index in [1.54, 1.807) is 0 Å². The number of hydrogen-bond acceptors (Lipinski definition) is 8. The number of carbonyl (C=O) groups is 3. The topological polar surface area (TPSA) is 113 Å². The molecule has 0 heterocycles. The largest absolute Gasteiger partial charge is 0.463 e. The Labute approximate surface area is 232 Å². The molecular weight excluding hydrogens is 527 g/mol. The van der Waals surface area contributed by atoms with Crippen molar-refractivity contribution in [3.05, 3.63) is 0 Å². The molecule has 0 unspecified atom stereocenters. The first-order chi connectivity index (χ1) is 18.1. The quantitative estimate of drug-likeness (QED) is 0.238. The van der Waals surface area contributed by atoms with E-state index < -0.39 is 21.4 Å². The highest BCUT2D eigenvalue weighted by atomic mass is 32.3. The Bertz CT molecular complexity index is 1080. The molecule has 0 aliphatic heterocycles. The zero-order valence-electron chi connectivity index (χ0n) is 24.1. The van der Waals surface area contributed by atoms with Crippen LogP contribution >= 0.6 is 0 Å². The Hall–Kier alpha value is -1.71. The van der Waals surface area contributed by atoms with E-state index in [4.69, 9.17) is 14.2 Å². The number of hydrogen-bond donors (Lipinski definition) is 0. The summed E-state index contributed by atoms with van der Waals surface area (Å²) in [5.74, 6) is -1.03. The zero-order valence-corrected chi connectivity index (χ0v) is 24.9. The first-order valence-electron chi connectivity index (χ1n) is 14.5. The fraction of sp³-hybridized carbons (Fsp3) is 0.897. The molecule has 4 fully saturated rings. The minimum atomic E-state index is -4.58. The molecule has 10 heteroatoms. The Kier molecular flexibility index (Phi) is 8.48. The molecule has 222 valence electrons. The molecule has 39 heavy (non-hydrogen) atoms. The number of carbonyl (C=O) groups excluding carboxylic acids is 3. The Balaban J connectivity index is 1.71. The third kappa shape index (κ3) is 5.87. The van der Waals surface area contributed by atoms with Crippen molar-refractivity contribution in [2.45, 2.75) is 111 Å². The third-order valence-corrected chi connectivity index (χ3v) is 11.9. The smallest absolute Gasteiger partial charge is 0.302 e. The highest BCUT2D eigenvalue weighted by molar-refractivity contribution is 7.86. The molecule has 4 rings (SSSR count). The van der Waals surface area contributed by atoms with Crippen molar-refractivity contribution < 1.29 is 40.9 Å². The molecule has 0 aromatic heterocycles. The van der Waals surface area contributed by atoms with E-state index >= 15 is 0 Å². The number of rotatable bonds is 7. The summed E-state index contributed by atoms with van der Waals surface area (Å²) in [5.41, 5.74) is -0.549. The molecule has 0 amide bonds. The Morgan fingerprint density at radius 1 is 0.897 bits per heavy atom. The summed E-state index contributed by atoms with van der Waals surface area (Å²) in [6, 6.07) is 0. The van der Waals surface area contributed by atoms with E-state index in [1.807, 2.05) is 6.92 Å². The van der Waals surface area contributed by atoms with Gasteiger partial charge in [-0.15, -0.1) is 3.89 Å². The third-order valence-electron chi connectivity index (χ3n) is 11.2. The van der Waals surface area contributed by atoms with Gasteiger partial charge in [-0.05, 0) is 86.4 Å². The fourth-order valence-corrected chi connectivity index (χ4v) is 10.3. The second kappa shape index (κ2) is 10.9. The molecule has 0 saturated heterocycles. The van der Waals surface area contributed by atoms with Crippen LogP contribution in [0.2, 0.25) is 0 Å². The molecule has 0 aromatic rings. The summed E-state index contributed by atoms with van der Waals surface area (Å²) in [6.07, 6.45) is 4.72. The second-order valence-corrected chi connectivity index (χ2v) is 14.8. The molecule has 0 bridgehead atoms. The maximum Gasteiger partial charge on any atom is 0.302 e. The monoisotopic (exact) mass is 572 g/mol. The Morgan fingerprint density at radius 2 is 1.54 bits per heavy atom. The lowest BCUT2D eigenvalue weighted by Crippen LogP contribution is -2.63. The summed E-state index contributed by atoms with van der Waals surface area (Å²) in [6.45, 7) is 10.7. The SMILES string of the molecule is CC(=O)O[C@@H]1CC[C@@]2(C)[C@@H](C1)C[C@@H](OC(C)=O)[C@@H]1[C@@H]2C[C@H](OC(C)=O)[C@]2(C)[C@@H]([C@H](C)CCS(=O)(=O)F)CC[C@@H]12. The minimum Gasteiger partial charge on any atom is -0.463 e. The first-order valence-corrected chi connectivity index (χ1v) is 16.1. The van der Waals surface area contributed by atoms with Crippen LogP contribution in [0.15, 0.2) is 0 Å². The van der Waals surface area contributed by atoms with Crippen LogP contribution in [0, 0.1) is 46.3 Å². The zero-order chi connectivity index (χ0) is 28.9. The lowest BCUT2D eigenvalue weighted by molar-refractivity contribution is -0.224. The molecule has 0 radical (unpaired) electrons. The van der Waals surface area contributed by atoms with Crippen LogP contribution in [0.4, 0.5) is 3.89 Å². The van der Waals surface area contributed by atoms with Crippen LogP contribution in [-0.2, 0) is 38.8 Å². The van der Waals surface area contributed by atoms with Crippen molar-refractivity contribution in [3.63, 3.8) is 0 Å². The second-order valence-electron chi connectivity index (χ2n) is 13.3. The summed E-state index contributed by atoms with van der Waals surface area (Å²) in [4.78, 5) is 36.4. The van der Waals surface area contributed by atoms with E-state index in [-0.39, 0.29) is 83.6 Å². The molecule has 0 spiro atoms. The van der Waals surface area contributed by atoms with Gasteiger partial charge in [0.1, 0.15) is 18.3 Å². The highest BCUT2D eigenvalue weighted by Gasteiger charge is 2.67. The van der Waals surface area contributed by atoms with Crippen LogP contribution in [0.25, 0.3) is 0 Å². The summed E-state index contributed by atoms with van der Waals surface area (Å²) in [7, 11) is -4.58. The molecule has 4 aliphatic rings. The summed E-state index contributed by atoms with van der Waals surface area (Å²) >= 11 is 0. The van der Waals surface area contributed by atoms with E-state index in [0.717, 1.165) is 25.7 Å². The number of fused-ring (bicyclic) bond motifs is 5. The van der Waals surface area contributed by atoms with Crippen LogP contribution in [0.3, 0.4) is 0 Å². The van der Waals surface area contributed by atoms with E-state index in [0.29, 0.717) is 19.3 Å². The highest BCUT2D eigenvalue weighted by Crippen LogP contribution is 2.69. The van der Waals surface area contributed by atoms with Gasteiger partial charge in [-0.3, -0.25) is 14.4 Å². The van der Waals surface area contributed by atoms with Crippen molar-refractivity contribution in [1.82, 2.24) is 0 Å². The van der Waals surface area contributed by atoms with Gasteiger partial charge in [-0.2, -0.15) is 8.42 Å². The molecular formula is C29H45FO8S. The summed E-state index contributed by atoms with van der Waals surface area (Å²) in [5, 5.41) is 0. The van der Waals surface area contributed by atoms with Gasteiger partial charge in [0.15, 0.2) is 0 Å². The first kappa shape index (κ1) is 30.3. The van der Waals surface area contributed by atoms with E-state index in [9.17, 15) is 26.7 Å². The van der Waals surface area contributed by atoms with Crippen molar-refractivity contribution in [2.75, 3.05) is 5.75 Å². The maximum absolute atomic E-state index is 13.4. The lowest BCUT2D eigenvalue weighted by Gasteiger charge is -2.64. The van der Waals surface area contributed by atoms with Crippen LogP contribution < -0.4 is 0 Å². The fourth-order valence-electron chi connectivity index (χ4n) is 9.64. The van der Waals surface area contributed by atoms with Gasteiger partial charge < -0.3 is 14.2 Å². The molecule has 11 atom stereocenters. The minimum absolute atomic E-state index is 0.0396. The van der Waals surface area contributed by atoms with Gasteiger partial charge >= 0.3 is 28.1 Å². The molecule has 0 N–H and O–H groups in total. The van der Waals surface area contributed by atoms with Crippen LogP contribution in [0.1, 0.15) is 92.9 Å². The van der Waals surface area contributed by atoms with Gasteiger partial charge in [0.2, 0.25) is 0 Å². The molecule has 4 aliphatic carbocycles. The number of esters is 3. The van der Waals surface area contributed by atoms with E-state index in [2.05, 4.69) is 13.8 Å². The van der Waals surface area contributed by atoms with Crippen molar-refractivity contribution in [3.8, 4) is 0 Å². The van der Waals surface area contributed by atoms with E-state index in [1.165, 1.54) is 20.8 Å². The van der Waals surface area contributed by atoms with Crippen LogP contribution in [0.5, 0.6) is 0 Å².